The lowest BCUT2D eigenvalue weighted by molar-refractivity contribution is -1.01. The Morgan fingerprint density at radius 1 is 0.955 bits per heavy atom. The molecule has 0 amide bonds. The number of benzene rings is 2. The molecular weight excluding hydrogens is 296 g/mol. The van der Waals surface area contributed by atoms with Crippen LogP contribution in [0.2, 0.25) is 5.02 Å². The van der Waals surface area contributed by atoms with Crippen molar-refractivity contribution < 1.29 is 14.5 Å². The lowest BCUT2D eigenvalue weighted by Gasteiger charge is -2.27. The van der Waals surface area contributed by atoms with Crippen LogP contribution in [0.5, 0.6) is 11.5 Å². The first kappa shape index (κ1) is 15.3. The van der Waals surface area contributed by atoms with Crippen molar-refractivity contribution >= 4 is 11.6 Å². The van der Waals surface area contributed by atoms with Crippen molar-refractivity contribution in [2.45, 2.75) is 6.54 Å². The fourth-order valence-electron chi connectivity index (χ4n) is 2.85. The van der Waals surface area contributed by atoms with Gasteiger partial charge >= 0.3 is 0 Å². The van der Waals surface area contributed by atoms with Gasteiger partial charge in [-0.3, -0.25) is 0 Å². The number of rotatable bonds is 4. The van der Waals surface area contributed by atoms with E-state index in [2.05, 4.69) is 25.2 Å². The number of halogens is 1. The Kier molecular flexibility index (Phi) is 4.98. The number of ether oxygens (including phenoxy) is 1. The maximum absolute atomic E-state index is 5.91. The van der Waals surface area contributed by atoms with Crippen molar-refractivity contribution in [3.8, 4) is 11.5 Å². The van der Waals surface area contributed by atoms with E-state index in [-0.39, 0.29) is 0 Å². The molecule has 0 spiro atoms. The molecule has 0 aliphatic carbocycles. The van der Waals surface area contributed by atoms with E-state index in [0.717, 1.165) is 23.1 Å². The second-order valence-electron chi connectivity index (χ2n) is 6.09. The Morgan fingerprint density at radius 2 is 1.68 bits per heavy atom. The normalized spacial score (nSPS) is 21.5. The van der Waals surface area contributed by atoms with Crippen molar-refractivity contribution in [2.24, 2.45) is 0 Å². The molecule has 2 aromatic carbocycles. The summed E-state index contributed by atoms with van der Waals surface area (Å²) in [7, 11) is 2.28. The van der Waals surface area contributed by atoms with Crippen molar-refractivity contribution in [1.29, 1.82) is 0 Å². The summed E-state index contributed by atoms with van der Waals surface area (Å²) in [6.07, 6.45) is 0. The molecule has 3 nitrogen and oxygen atoms in total. The summed E-state index contributed by atoms with van der Waals surface area (Å²) in [5.41, 5.74) is 1.33. The molecule has 1 saturated heterocycles. The molecule has 0 aromatic heterocycles. The SMILES string of the molecule is C[NH+]1CC[NH+](Cc2cccc(Oc3ccc(Cl)cc3)c2)CC1. The Labute approximate surface area is 137 Å². The number of hydrogen-bond acceptors (Lipinski definition) is 1. The van der Waals surface area contributed by atoms with Crippen LogP contribution in [0.3, 0.4) is 0 Å². The van der Waals surface area contributed by atoms with Crippen LogP contribution in [-0.4, -0.2) is 33.2 Å². The standard InChI is InChI=1S/C18H21ClN2O/c1-20-9-11-21(12-10-20)14-15-3-2-4-18(13-15)22-17-7-5-16(19)6-8-17/h2-8,13H,9-12,14H2,1H3/p+2. The number of quaternary nitrogens is 2. The molecule has 0 bridgehead atoms. The van der Waals surface area contributed by atoms with E-state index >= 15 is 0 Å². The molecule has 1 fully saturated rings. The zero-order chi connectivity index (χ0) is 15.4. The van der Waals surface area contributed by atoms with Crippen molar-refractivity contribution in [1.82, 2.24) is 0 Å². The van der Waals surface area contributed by atoms with Gasteiger partial charge in [-0.05, 0) is 36.4 Å². The van der Waals surface area contributed by atoms with Gasteiger partial charge < -0.3 is 14.5 Å². The van der Waals surface area contributed by atoms with Gasteiger partial charge in [-0.1, -0.05) is 23.7 Å². The molecule has 4 heteroatoms. The highest BCUT2D eigenvalue weighted by Crippen LogP contribution is 2.23. The van der Waals surface area contributed by atoms with Gasteiger partial charge in [0, 0.05) is 10.6 Å². The number of nitrogens with one attached hydrogen (secondary N) is 2. The Morgan fingerprint density at radius 3 is 2.41 bits per heavy atom. The zero-order valence-electron chi connectivity index (χ0n) is 12.9. The van der Waals surface area contributed by atoms with E-state index in [1.807, 2.05) is 30.3 Å². The van der Waals surface area contributed by atoms with Crippen molar-refractivity contribution in [2.75, 3.05) is 33.2 Å². The molecule has 116 valence electrons. The molecule has 1 aliphatic heterocycles. The third-order valence-electron chi connectivity index (χ3n) is 4.21. The third-order valence-corrected chi connectivity index (χ3v) is 4.46. The van der Waals surface area contributed by atoms with E-state index in [0.29, 0.717) is 0 Å². The third kappa shape index (κ3) is 4.23. The summed E-state index contributed by atoms with van der Waals surface area (Å²) in [6.45, 7) is 6.08. The molecule has 1 heterocycles. The molecule has 0 unspecified atom stereocenters. The quantitative estimate of drug-likeness (QED) is 0.862. The molecule has 0 saturated carbocycles. The van der Waals surface area contributed by atoms with Crippen LogP contribution in [0.15, 0.2) is 48.5 Å². The second kappa shape index (κ2) is 7.14. The van der Waals surface area contributed by atoms with Gasteiger partial charge in [-0.25, -0.2) is 0 Å². The van der Waals surface area contributed by atoms with Gasteiger partial charge in [0.1, 0.15) is 44.2 Å². The maximum atomic E-state index is 5.91. The van der Waals surface area contributed by atoms with E-state index in [1.54, 1.807) is 9.80 Å². The summed E-state index contributed by atoms with van der Waals surface area (Å²) < 4.78 is 5.91. The van der Waals surface area contributed by atoms with E-state index in [4.69, 9.17) is 16.3 Å². The van der Waals surface area contributed by atoms with Gasteiger partial charge in [-0.15, -0.1) is 0 Å². The molecule has 2 N–H and O–H groups in total. The first-order chi connectivity index (χ1) is 10.7. The molecular formula is C18H23ClN2O+2. The highest BCUT2D eigenvalue weighted by Gasteiger charge is 2.19. The monoisotopic (exact) mass is 318 g/mol. The molecule has 22 heavy (non-hydrogen) atoms. The predicted octanol–water partition coefficient (Wildman–Crippen LogP) is 1.05. The Balaban J connectivity index is 1.63. The number of piperazine rings is 1. The highest BCUT2D eigenvalue weighted by atomic mass is 35.5. The average Bonchev–Trinajstić information content (AvgIpc) is 2.52. The first-order valence-corrected chi connectivity index (χ1v) is 8.24. The summed E-state index contributed by atoms with van der Waals surface area (Å²) in [4.78, 5) is 3.30. The smallest absolute Gasteiger partial charge is 0.127 e. The Bertz CT molecular complexity index is 607. The van der Waals surface area contributed by atoms with Crippen molar-refractivity contribution in [3.63, 3.8) is 0 Å². The Hall–Kier alpha value is -1.55. The van der Waals surface area contributed by atoms with Gasteiger partial charge in [0.05, 0.1) is 7.05 Å². The van der Waals surface area contributed by atoms with Crippen LogP contribution < -0.4 is 14.5 Å². The van der Waals surface area contributed by atoms with Crippen LogP contribution in [-0.2, 0) is 6.54 Å². The van der Waals surface area contributed by atoms with Gasteiger partial charge in [-0.2, -0.15) is 0 Å². The minimum Gasteiger partial charge on any atom is -0.457 e. The predicted molar refractivity (Wildman–Crippen MR) is 89.0 cm³/mol. The first-order valence-electron chi connectivity index (χ1n) is 7.86. The van der Waals surface area contributed by atoms with Gasteiger partial charge in [0.15, 0.2) is 0 Å². The zero-order valence-corrected chi connectivity index (χ0v) is 13.7. The largest absolute Gasteiger partial charge is 0.457 e. The van der Waals surface area contributed by atoms with Crippen LogP contribution in [0.1, 0.15) is 5.56 Å². The summed E-state index contributed by atoms with van der Waals surface area (Å²) in [6, 6.07) is 15.9. The highest BCUT2D eigenvalue weighted by molar-refractivity contribution is 6.30. The minimum atomic E-state index is 0.724. The summed E-state index contributed by atoms with van der Waals surface area (Å²) >= 11 is 5.90. The van der Waals surface area contributed by atoms with Crippen LogP contribution >= 0.6 is 11.6 Å². The fraction of sp³-hybridized carbons (Fsp3) is 0.333. The van der Waals surface area contributed by atoms with Gasteiger partial charge in [0.2, 0.25) is 0 Å². The number of likely N-dealkylation sites (N-methyl/N-ethyl adjacent to an activating group) is 1. The van der Waals surface area contributed by atoms with Crippen molar-refractivity contribution in [3.05, 3.63) is 59.1 Å². The fourth-order valence-corrected chi connectivity index (χ4v) is 2.98. The lowest BCUT2D eigenvalue weighted by atomic mass is 10.2. The molecule has 1 aliphatic rings. The topological polar surface area (TPSA) is 18.1 Å². The molecule has 3 rings (SSSR count). The van der Waals surface area contributed by atoms with Crippen LogP contribution in [0, 0.1) is 0 Å². The summed E-state index contributed by atoms with van der Waals surface area (Å²) in [5.74, 6) is 1.70. The lowest BCUT2D eigenvalue weighted by Crippen LogP contribution is -3.26. The minimum absolute atomic E-state index is 0.724. The molecule has 2 aromatic rings. The van der Waals surface area contributed by atoms with Gasteiger partial charge in [0.25, 0.3) is 0 Å². The second-order valence-corrected chi connectivity index (χ2v) is 6.52. The summed E-state index contributed by atoms with van der Waals surface area (Å²) in [5, 5.41) is 0.724. The average molecular weight is 319 g/mol. The molecule has 0 atom stereocenters. The molecule has 0 radical (unpaired) electrons. The number of hydrogen-bond donors (Lipinski definition) is 2. The van der Waals surface area contributed by atoms with E-state index < -0.39 is 0 Å². The van der Waals surface area contributed by atoms with Crippen LogP contribution in [0.4, 0.5) is 0 Å². The van der Waals surface area contributed by atoms with E-state index in [1.165, 1.54) is 31.7 Å². The van der Waals surface area contributed by atoms with E-state index in [9.17, 15) is 0 Å². The maximum Gasteiger partial charge on any atom is 0.127 e. The van der Waals surface area contributed by atoms with Crippen LogP contribution in [0.25, 0.3) is 0 Å².